The SMILES string of the molecule is C1=Cc2cc3ccc(cc4ccc(cc5nc(cc1n2)C=C5)[nH]4)[nH]3.O. The average Bonchev–Trinajstić information content (AvgIpc) is 3.32. The molecule has 5 rings (SSSR count). The summed E-state index contributed by atoms with van der Waals surface area (Å²) in [5.74, 6) is 0. The van der Waals surface area contributed by atoms with Crippen LogP contribution in [-0.2, 0) is 0 Å². The van der Waals surface area contributed by atoms with Crippen molar-refractivity contribution < 1.29 is 5.48 Å². The quantitative estimate of drug-likeness (QED) is 0.452. The van der Waals surface area contributed by atoms with Gasteiger partial charge in [0.1, 0.15) is 0 Å². The van der Waals surface area contributed by atoms with E-state index < -0.39 is 0 Å². The van der Waals surface area contributed by atoms with Crippen molar-refractivity contribution in [3.05, 3.63) is 71.3 Å². The number of rotatable bonds is 0. The Morgan fingerprint density at radius 3 is 1.28 bits per heavy atom. The molecular weight excluding hydrogens is 312 g/mol. The predicted molar refractivity (Wildman–Crippen MR) is 102 cm³/mol. The molecule has 0 aromatic carbocycles. The average molecular weight is 328 g/mol. The molecule has 0 fully saturated rings. The van der Waals surface area contributed by atoms with Crippen LogP contribution in [0.4, 0.5) is 0 Å². The fraction of sp³-hybridized carbons (Fsp3) is 0. The van der Waals surface area contributed by atoms with Gasteiger partial charge in [0.25, 0.3) is 0 Å². The van der Waals surface area contributed by atoms with Crippen molar-refractivity contribution in [2.24, 2.45) is 0 Å². The molecule has 5 nitrogen and oxygen atoms in total. The van der Waals surface area contributed by atoms with E-state index in [1.165, 1.54) is 0 Å². The first-order valence-electron chi connectivity index (χ1n) is 7.85. The van der Waals surface area contributed by atoms with Crippen molar-refractivity contribution in [2.45, 2.75) is 0 Å². The standard InChI is InChI=1S/C20H14N4.H2O/c1-2-14-10-16-5-6-18(23-16)12-20-8-7-19(24-20)11-17-4-3-15(22-17)9-13(1)21-14;/h1-12,21-22H;1H2. The lowest BCUT2D eigenvalue weighted by Gasteiger charge is -1.86. The smallest absolute Gasteiger partial charge is 0.0659 e. The Morgan fingerprint density at radius 2 is 0.840 bits per heavy atom. The monoisotopic (exact) mass is 328 g/mol. The van der Waals surface area contributed by atoms with Crippen molar-refractivity contribution >= 4 is 46.4 Å². The van der Waals surface area contributed by atoms with E-state index in [1.807, 2.05) is 42.5 Å². The molecule has 0 saturated heterocycles. The predicted octanol–water partition coefficient (Wildman–Crippen LogP) is 3.83. The molecule has 3 aromatic rings. The summed E-state index contributed by atoms with van der Waals surface area (Å²) in [5.41, 5.74) is 7.86. The maximum atomic E-state index is 4.62. The zero-order valence-corrected chi connectivity index (χ0v) is 13.3. The number of nitrogens with one attached hydrogen (secondary N) is 2. The fourth-order valence-corrected chi connectivity index (χ4v) is 2.94. The van der Waals surface area contributed by atoms with Crippen LogP contribution < -0.4 is 0 Å². The number of hydrogen-bond acceptors (Lipinski definition) is 2. The fourth-order valence-electron chi connectivity index (χ4n) is 2.94. The van der Waals surface area contributed by atoms with E-state index in [4.69, 9.17) is 0 Å². The summed E-state index contributed by atoms with van der Waals surface area (Å²) < 4.78 is 0. The highest BCUT2D eigenvalue weighted by Gasteiger charge is 2.02. The molecule has 5 heterocycles. The normalized spacial score (nSPS) is 12.2. The first kappa shape index (κ1) is 15.1. The minimum atomic E-state index is 0. The summed E-state index contributed by atoms with van der Waals surface area (Å²) in [7, 11) is 0. The van der Waals surface area contributed by atoms with E-state index in [-0.39, 0.29) is 5.48 Å². The van der Waals surface area contributed by atoms with Crippen molar-refractivity contribution in [3.63, 3.8) is 0 Å². The van der Waals surface area contributed by atoms with Crippen molar-refractivity contribution in [2.75, 3.05) is 0 Å². The Morgan fingerprint density at radius 1 is 0.480 bits per heavy atom. The summed E-state index contributed by atoms with van der Waals surface area (Å²) in [6, 6.07) is 16.4. The van der Waals surface area contributed by atoms with Gasteiger partial charge in [-0.1, -0.05) is 0 Å². The minimum Gasteiger partial charge on any atom is -0.412 e. The Balaban J connectivity index is 0.00000157. The zero-order valence-electron chi connectivity index (χ0n) is 13.3. The molecule has 0 amide bonds. The van der Waals surface area contributed by atoms with Crippen LogP contribution in [0.2, 0.25) is 0 Å². The first-order valence-corrected chi connectivity index (χ1v) is 7.85. The third kappa shape index (κ3) is 3.00. The second-order valence-electron chi connectivity index (χ2n) is 5.91. The maximum Gasteiger partial charge on any atom is 0.0659 e. The maximum absolute atomic E-state index is 4.62. The summed E-state index contributed by atoms with van der Waals surface area (Å²) in [4.78, 5) is 16.0. The Hall–Kier alpha value is -3.44. The number of aromatic nitrogens is 4. The van der Waals surface area contributed by atoms with Gasteiger partial charge in [-0.2, -0.15) is 0 Å². The Labute approximate surface area is 143 Å². The highest BCUT2D eigenvalue weighted by molar-refractivity contribution is 5.77. The van der Waals surface area contributed by atoms with Gasteiger partial charge in [0.15, 0.2) is 0 Å². The highest BCUT2D eigenvalue weighted by Crippen LogP contribution is 2.17. The Kier molecular flexibility index (Phi) is 3.56. The van der Waals surface area contributed by atoms with Crippen molar-refractivity contribution in [1.82, 2.24) is 19.9 Å². The van der Waals surface area contributed by atoms with E-state index in [0.717, 1.165) is 44.8 Å². The number of hydrogen-bond donors (Lipinski definition) is 2. The van der Waals surface area contributed by atoms with Gasteiger partial charge in [-0.25, -0.2) is 9.97 Å². The molecule has 8 bridgehead atoms. The van der Waals surface area contributed by atoms with E-state index in [1.54, 1.807) is 0 Å². The van der Waals surface area contributed by atoms with Gasteiger partial charge in [-0.15, -0.1) is 0 Å². The first-order chi connectivity index (χ1) is 11.8. The van der Waals surface area contributed by atoms with Gasteiger partial charge in [0, 0.05) is 22.1 Å². The number of nitrogens with zero attached hydrogens (tertiary/aromatic N) is 2. The largest absolute Gasteiger partial charge is 0.412 e. The number of aromatic amines is 2. The molecule has 0 saturated carbocycles. The molecular formula is C20H16N4O. The molecule has 0 spiro atoms. The van der Waals surface area contributed by atoms with Gasteiger partial charge in [0.05, 0.1) is 22.8 Å². The van der Waals surface area contributed by atoms with Gasteiger partial charge in [-0.3, -0.25) is 0 Å². The summed E-state index contributed by atoms with van der Waals surface area (Å²) in [6.45, 7) is 0. The topological polar surface area (TPSA) is 88.9 Å². The summed E-state index contributed by atoms with van der Waals surface area (Å²) >= 11 is 0. The molecule has 0 radical (unpaired) electrons. The van der Waals surface area contributed by atoms with Gasteiger partial charge in [0.2, 0.25) is 0 Å². The third-order valence-electron chi connectivity index (χ3n) is 4.04. The zero-order chi connectivity index (χ0) is 15.9. The van der Waals surface area contributed by atoms with E-state index >= 15 is 0 Å². The van der Waals surface area contributed by atoms with Gasteiger partial charge >= 0.3 is 0 Å². The second kappa shape index (κ2) is 5.89. The highest BCUT2D eigenvalue weighted by atomic mass is 16.0. The second-order valence-corrected chi connectivity index (χ2v) is 5.91. The number of fused-ring (bicyclic) bond motifs is 8. The summed E-state index contributed by atoms with van der Waals surface area (Å²) in [6.07, 6.45) is 8.05. The lowest BCUT2D eigenvalue weighted by atomic mass is 10.3. The van der Waals surface area contributed by atoms with Crippen LogP contribution in [0.1, 0.15) is 22.8 Å². The molecule has 3 aromatic heterocycles. The van der Waals surface area contributed by atoms with Crippen LogP contribution in [0.3, 0.4) is 0 Å². The van der Waals surface area contributed by atoms with Crippen LogP contribution in [0.25, 0.3) is 46.4 Å². The molecule has 5 heteroatoms. The van der Waals surface area contributed by atoms with E-state index in [0.29, 0.717) is 0 Å². The lowest BCUT2D eigenvalue weighted by Crippen LogP contribution is -1.77. The van der Waals surface area contributed by atoms with E-state index in [9.17, 15) is 0 Å². The number of H-pyrrole nitrogens is 2. The molecule has 2 aliphatic heterocycles. The van der Waals surface area contributed by atoms with Crippen LogP contribution in [-0.4, -0.2) is 25.4 Å². The molecule has 0 aliphatic carbocycles. The molecule has 25 heavy (non-hydrogen) atoms. The molecule has 0 atom stereocenters. The van der Waals surface area contributed by atoms with Gasteiger partial charge < -0.3 is 15.4 Å². The molecule has 2 aliphatic rings. The van der Waals surface area contributed by atoms with Crippen LogP contribution in [0, 0.1) is 0 Å². The third-order valence-corrected chi connectivity index (χ3v) is 4.04. The lowest BCUT2D eigenvalue weighted by molar-refractivity contribution is 0.824. The van der Waals surface area contributed by atoms with E-state index in [2.05, 4.69) is 50.3 Å². The van der Waals surface area contributed by atoms with Gasteiger partial charge in [-0.05, 0) is 72.8 Å². The minimum absolute atomic E-state index is 0. The van der Waals surface area contributed by atoms with Crippen molar-refractivity contribution in [1.29, 1.82) is 0 Å². The summed E-state index contributed by atoms with van der Waals surface area (Å²) in [5, 5.41) is 0. The molecule has 0 unspecified atom stereocenters. The van der Waals surface area contributed by atoms with Crippen LogP contribution in [0.5, 0.6) is 0 Å². The van der Waals surface area contributed by atoms with Crippen molar-refractivity contribution in [3.8, 4) is 0 Å². The van der Waals surface area contributed by atoms with Crippen LogP contribution >= 0.6 is 0 Å². The van der Waals surface area contributed by atoms with Crippen LogP contribution in [0.15, 0.2) is 48.5 Å². The Bertz CT molecular complexity index is 1080. The molecule has 4 N–H and O–H groups in total. The molecule has 122 valence electrons.